The van der Waals surface area contributed by atoms with Gasteiger partial charge in [-0.25, -0.2) is 0 Å². The highest BCUT2D eigenvalue weighted by atomic mass is 35.5. The SMILES string of the molecule is OC(c1ccccc1)(c1ccccc1)c1noc(C[N+]23CCC(CC2)[C@@H](Oc2ccc4c(c2)CCC4)C3)n1.[Cl-]. The number of halogens is 1. The molecule has 1 N–H and O–H groups in total. The lowest BCUT2D eigenvalue weighted by molar-refractivity contribution is -0.959. The number of aromatic nitrogens is 2. The second kappa shape index (κ2) is 10.4. The van der Waals surface area contributed by atoms with Crippen LogP contribution in [0.3, 0.4) is 0 Å². The van der Waals surface area contributed by atoms with Crippen LogP contribution in [0.2, 0.25) is 0 Å². The van der Waals surface area contributed by atoms with E-state index in [1.807, 2.05) is 60.7 Å². The predicted molar refractivity (Wildman–Crippen MR) is 143 cm³/mol. The van der Waals surface area contributed by atoms with E-state index in [0.29, 0.717) is 29.5 Å². The summed E-state index contributed by atoms with van der Waals surface area (Å²) in [6.45, 7) is 3.78. The van der Waals surface area contributed by atoms with Crippen LogP contribution in [-0.2, 0) is 25.0 Å². The molecule has 3 saturated heterocycles. The summed E-state index contributed by atoms with van der Waals surface area (Å²) in [6, 6.07) is 25.8. The summed E-state index contributed by atoms with van der Waals surface area (Å²) in [5.74, 6) is 2.46. The lowest BCUT2D eigenvalue weighted by atomic mass is 9.83. The van der Waals surface area contributed by atoms with Crippen LogP contribution in [0.4, 0.5) is 0 Å². The molecule has 3 aliphatic heterocycles. The van der Waals surface area contributed by atoms with Crippen molar-refractivity contribution in [2.24, 2.45) is 5.92 Å². The topological polar surface area (TPSA) is 68.4 Å². The summed E-state index contributed by atoms with van der Waals surface area (Å²) < 4.78 is 13.3. The van der Waals surface area contributed by atoms with Crippen molar-refractivity contribution in [2.45, 2.75) is 50.4 Å². The normalized spacial score (nSPS) is 23.7. The average Bonchev–Trinajstić information content (AvgIpc) is 3.64. The van der Waals surface area contributed by atoms with Gasteiger partial charge in [0.05, 0.1) is 13.1 Å². The smallest absolute Gasteiger partial charge is 0.282 e. The zero-order chi connectivity index (χ0) is 25.6. The van der Waals surface area contributed by atoms with Gasteiger partial charge in [-0.05, 0) is 53.6 Å². The first-order chi connectivity index (χ1) is 18.6. The number of benzene rings is 3. The van der Waals surface area contributed by atoms with E-state index in [4.69, 9.17) is 14.2 Å². The number of fused-ring (bicyclic) bond motifs is 4. The second-order valence-corrected chi connectivity index (χ2v) is 11.4. The molecule has 0 unspecified atom stereocenters. The molecule has 3 aromatic carbocycles. The summed E-state index contributed by atoms with van der Waals surface area (Å²) >= 11 is 0. The fourth-order valence-electron chi connectivity index (χ4n) is 6.91. The molecule has 1 atom stereocenters. The van der Waals surface area contributed by atoms with E-state index < -0.39 is 5.60 Å². The monoisotopic (exact) mass is 543 g/mol. The van der Waals surface area contributed by atoms with Crippen molar-refractivity contribution in [1.29, 1.82) is 0 Å². The molecule has 0 spiro atoms. The lowest BCUT2D eigenvalue weighted by Crippen LogP contribution is -3.00. The van der Waals surface area contributed by atoms with E-state index in [9.17, 15) is 5.11 Å². The van der Waals surface area contributed by atoms with Gasteiger partial charge in [0.25, 0.3) is 5.89 Å². The van der Waals surface area contributed by atoms with E-state index in [0.717, 1.165) is 42.7 Å². The van der Waals surface area contributed by atoms with Crippen molar-refractivity contribution in [1.82, 2.24) is 10.1 Å². The molecule has 1 aliphatic carbocycles. The molecule has 0 saturated carbocycles. The van der Waals surface area contributed by atoms with Gasteiger partial charge in [0.1, 0.15) is 12.3 Å². The standard InChI is InChI=1S/C32H34N3O3.ClH/c36-32(26-10-3-1-4-11-26,27-12-5-2-6-13-27)31-33-30(38-34-31)22-35-18-16-24(17-19-35)29(21-35)37-28-15-14-23-8-7-9-25(23)20-28;/h1-6,10-15,20,24,29,36H,7-9,16-19,21-22H2;1H/q+1;/p-1/t24?,29-,35?;/m0./s1. The van der Waals surface area contributed by atoms with Gasteiger partial charge < -0.3 is 31.3 Å². The molecule has 202 valence electrons. The molecule has 3 fully saturated rings. The van der Waals surface area contributed by atoms with Gasteiger partial charge in [-0.3, -0.25) is 0 Å². The molecular formula is C32H34ClN3O3. The van der Waals surface area contributed by atoms with Crippen LogP contribution in [-0.4, -0.2) is 45.5 Å². The van der Waals surface area contributed by atoms with Gasteiger partial charge in [-0.15, -0.1) is 0 Å². The highest BCUT2D eigenvalue weighted by Gasteiger charge is 2.48. The Balaban J connectivity index is 0.00000277. The van der Waals surface area contributed by atoms with Gasteiger partial charge in [0.15, 0.2) is 18.2 Å². The van der Waals surface area contributed by atoms with E-state index >= 15 is 0 Å². The fourth-order valence-corrected chi connectivity index (χ4v) is 6.91. The molecule has 6 nitrogen and oxygen atoms in total. The predicted octanol–water partition coefficient (Wildman–Crippen LogP) is 2.03. The van der Waals surface area contributed by atoms with Gasteiger partial charge >= 0.3 is 0 Å². The number of ether oxygens (including phenoxy) is 1. The Labute approximate surface area is 235 Å². The van der Waals surface area contributed by atoms with Crippen LogP contribution >= 0.6 is 0 Å². The maximum absolute atomic E-state index is 12.0. The first-order valence-electron chi connectivity index (χ1n) is 13.9. The number of hydrogen-bond donors (Lipinski definition) is 1. The van der Waals surface area contributed by atoms with Crippen LogP contribution in [0.25, 0.3) is 0 Å². The zero-order valence-corrected chi connectivity index (χ0v) is 22.8. The van der Waals surface area contributed by atoms with Crippen LogP contribution in [0.1, 0.15) is 53.2 Å². The molecule has 0 amide bonds. The van der Waals surface area contributed by atoms with Crippen LogP contribution in [0.5, 0.6) is 5.75 Å². The quantitative estimate of drug-likeness (QED) is 0.361. The van der Waals surface area contributed by atoms with Crippen molar-refractivity contribution < 1.29 is 31.3 Å². The third kappa shape index (κ3) is 4.75. The maximum atomic E-state index is 12.0. The van der Waals surface area contributed by atoms with Crippen LogP contribution in [0, 0.1) is 5.92 Å². The first-order valence-corrected chi connectivity index (χ1v) is 13.9. The van der Waals surface area contributed by atoms with Gasteiger partial charge in [-0.1, -0.05) is 71.9 Å². The molecule has 8 rings (SSSR count). The van der Waals surface area contributed by atoms with Gasteiger partial charge in [0, 0.05) is 18.8 Å². The number of aliphatic hydroxyl groups is 1. The van der Waals surface area contributed by atoms with E-state index in [-0.39, 0.29) is 24.3 Å². The second-order valence-electron chi connectivity index (χ2n) is 11.4. The molecule has 4 aliphatic rings. The minimum absolute atomic E-state index is 0. The van der Waals surface area contributed by atoms with E-state index in [1.165, 1.54) is 30.4 Å². The van der Waals surface area contributed by atoms with E-state index in [1.54, 1.807) is 0 Å². The fraction of sp³-hybridized carbons (Fsp3) is 0.375. The number of piperidine rings is 3. The van der Waals surface area contributed by atoms with Gasteiger partial charge in [-0.2, -0.15) is 4.98 Å². The molecular weight excluding hydrogens is 510 g/mol. The third-order valence-electron chi connectivity index (χ3n) is 9.04. The molecule has 1 aromatic heterocycles. The number of rotatable bonds is 7. The Kier molecular flexibility index (Phi) is 6.96. The Morgan fingerprint density at radius 1 is 0.897 bits per heavy atom. The number of hydrogen-bond acceptors (Lipinski definition) is 5. The van der Waals surface area contributed by atoms with Crippen LogP contribution < -0.4 is 17.1 Å². The summed E-state index contributed by atoms with van der Waals surface area (Å²) in [7, 11) is 0. The highest BCUT2D eigenvalue weighted by Crippen LogP contribution is 2.39. The van der Waals surface area contributed by atoms with Crippen molar-refractivity contribution in [3.8, 4) is 5.75 Å². The number of quaternary nitrogens is 1. The molecule has 2 bridgehead atoms. The molecule has 0 radical (unpaired) electrons. The highest BCUT2D eigenvalue weighted by molar-refractivity contribution is 5.42. The largest absolute Gasteiger partial charge is 1.00 e. The summed E-state index contributed by atoms with van der Waals surface area (Å²) in [5, 5.41) is 16.4. The van der Waals surface area contributed by atoms with E-state index in [2.05, 4.69) is 23.4 Å². The maximum Gasteiger partial charge on any atom is 0.282 e. The Morgan fingerprint density at radius 2 is 1.56 bits per heavy atom. The Bertz CT molecular complexity index is 1380. The minimum atomic E-state index is -1.49. The minimum Gasteiger partial charge on any atom is -1.00 e. The van der Waals surface area contributed by atoms with Crippen molar-refractivity contribution >= 4 is 0 Å². The summed E-state index contributed by atoms with van der Waals surface area (Å²) in [6.07, 6.45) is 6.10. The molecule has 4 heterocycles. The van der Waals surface area contributed by atoms with Crippen LogP contribution in [0.15, 0.2) is 83.4 Å². The number of aryl methyl sites for hydroxylation is 2. The van der Waals surface area contributed by atoms with Crippen molar-refractivity contribution in [2.75, 3.05) is 19.6 Å². The Hall–Kier alpha value is -3.19. The van der Waals surface area contributed by atoms with Crippen molar-refractivity contribution in [3.63, 3.8) is 0 Å². The average molecular weight is 544 g/mol. The molecule has 7 heteroatoms. The zero-order valence-electron chi connectivity index (χ0n) is 22.0. The first kappa shape index (κ1) is 26.1. The van der Waals surface area contributed by atoms with Gasteiger partial charge in [0.2, 0.25) is 5.82 Å². The summed E-state index contributed by atoms with van der Waals surface area (Å²) in [4.78, 5) is 4.80. The summed E-state index contributed by atoms with van der Waals surface area (Å²) in [5.41, 5.74) is 2.88. The van der Waals surface area contributed by atoms with Crippen molar-refractivity contribution in [3.05, 3.63) is 113 Å². The molecule has 39 heavy (non-hydrogen) atoms. The number of nitrogens with zero attached hydrogens (tertiary/aromatic N) is 3. The third-order valence-corrected chi connectivity index (χ3v) is 9.04. The Morgan fingerprint density at radius 3 is 2.26 bits per heavy atom. The molecule has 4 aromatic rings. The lowest BCUT2D eigenvalue weighted by Gasteiger charge is -2.51.